The van der Waals surface area contributed by atoms with Crippen LogP contribution < -0.4 is 15.4 Å². The van der Waals surface area contributed by atoms with Gasteiger partial charge in [-0.3, -0.25) is 9.89 Å². The molecule has 1 aromatic heterocycles. The Balaban J connectivity index is 1.45. The monoisotopic (exact) mass is 433 g/mol. The van der Waals surface area contributed by atoms with Gasteiger partial charge < -0.3 is 15.4 Å². The number of hydrogen-bond donors (Lipinski definition) is 2. The Morgan fingerprint density at radius 1 is 1.37 bits per heavy atom. The summed E-state index contributed by atoms with van der Waals surface area (Å²) in [5.41, 5.74) is 0.979. The molecule has 1 aliphatic rings. The standard InChI is InChI=1S/C22H32FN5OS/c1-4-24-22(25-10-7-21-26-14-16(2)30-21)27-18-8-11-28(12-9-18)15-17-5-6-20(29-3)19(23)13-17/h5-6,13-14,18H,4,7-12,15H2,1-3H3,(H2,24,25,27). The highest BCUT2D eigenvalue weighted by Gasteiger charge is 2.20. The van der Waals surface area contributed by atoms with Crippen LogP contribution in [0.5, 0.6) is 5.75 Å². The van der Waals surface area contributed by atoms with Gasteiger partial charge in [0.05, 0.1) is 12.1 Å². The molecular formula is C22H32FN5OS. The lowest BCUT2D eigenvalue weighted by atomic mass is 10.0. The Morgan fingerprint density at radius 2 is 2.17 bits per heavy atom. The molecular weight excluding hydrogens is 401 g/mol. The highest BCUT2D eigenvalue weighted by molar-refractivity contribution is 7.11. The van der Waals surface area contributed by atoms with Crippen molar-refractivity contribution >= 4 is 17.3 Å². The van der Waals surface area contributed by atoms with E-state index in [9.17, 15) is 4.39 Å². The minimum atomic E-state index is -0.300. The third-order valence-corrected chi connectivity index (χ3v) is 6.13. The summed E-state index contributed by atoms with van der Waals surface area (Å²) in [6.45, 7) is 8.43. The largest absolute Gasteiger partial charge is 0.494 e. The summed E-state index contributed by atoms with van der Waals surface area (Å²) >= 11 is 1.73. The quantitative estimate of drug-likeness (QED) is 0.494. The number of ether oxygens (including phenoxy) is 1. The maximum Gasteiger partial charge on any atom is 0.191 e. The number of aliphatic imine (C=N–C) groups is 1. The average molecular weight is 434 g/mol. The maximum atomic E-state index is 13.9. The van der Waals surface area contributed by atoms with Crippen LogP contribution in [0.2, 0.25) is 0 Å². The van der Waals surface area contributed by atoms with Crippen molar-refractivity contribution in [2.24, 2.45) is 4.99 Å². The molecule has 1 fully saturated rings. The van der Waals surface area contributed by atoms with Crippen molar-refractivity contribution in [2.75, 3.05) is 33.3 Å². The van der Waals surface area contributed by atoms with Gasteiger partial charge in [0.25, 0.3) is 0 Å². The Hall–Kier alpha value is -2.19. The van der Waals surface area contributed by atoms with E-state index in [0.717, 1.165) is 68.5 Å². The van der Waals surface area contributed by atoms with Crippen molar-refractivity contribution < 1.29 is 9.13 Å². The minimum absolute atomic E-state index is 0.293. The molecule has 2 N–H and O–H groups in total. The van der Waals surface area contributed by atoms with Gasteiger partial charge in [-0.15, -0.1) is 11.3 Å². The molecule has 164 valence electrons. The molecule has 6 nitrogen and oxygen atoms in total. The van der Waals surface area contributed by atoms with Gasteiger partial charge in [-0.05, 0) is 44.4 Å². The van der Waals surface area contributed by atoms with Crippen LogP contribution in [0.1, 0.15) is 35.2 Å². The number of piperidine rings is 1. The van der Waals surface area contributed by atoms with E-state index in [1.807, 2.05) is 12.3 Å². The highest BCUT2D eigenvalue weighted by Crippen LogP contribution is 2.20. The number of aromatic nitrogens is 1. The van der Waals surface area contributed by atoms with Crippen LogP contribution in [0.15, 0.2) is 29.4 Å². The van der Waals surface area contributed by atoms with Gasteiger partial charge >= 0.3 is 0 Å². The number of guanidine groups is 1. The number of thiazole rings is 1. The maximum absolute atomic E-state index is 13.9. The first-order valence-electron chi connectivity index (χ1n) is 10.6. The molecule has 0 saturated carbocycles. The smallest absolute Gasteiger partial charge is 0.191 e. The lowest BCUT2D eigenvalue weighted by molar-refractivity contribution is 0.198. The number of nitrogens with zero attached hydrogens (tertiary/aromatic N) is 3. The second kappa shape index (κ2) is 11.3. The molecule has 0 amide bonds. The van der Waals surface area contributed by atoms with E-state index >= 15 is 0 Å². The Kier molecular flexibility index (Phi) is 8.45. The minimum Gasteiger partial charge on any atom is -0.494 e. The van der Waals surface area contributed by atoms with Gasteiger partial charge in [-0.1, -0.05) is 6.07 Å². The number of benzene rings is 1. The first-order chi connectivity index (χ1) is 14.6. The molecule has 2 heterocycles. The fourth-order valence-electron chi connectivity index (χ4n) is 3.60. The first-order valence-corrected chi connectivity index (χ1v) is 11.4. The number of methoxy groups -OCH3 is 1. The summed E-state index contributed by atoms with van der Waals surface area (Å²) in [5.74, 6) is 0.870. The van der Waals surface area contributed by atoms with Gasteiger partial charge in [0, 0.05) is 56.3 Å². The number of aryl methyl sites for hydroxylation is 1. The molecule has 8 heteroatoms. The van der Waals surface area contributed by atoms with Crippen molar-refractivity contribution in [3.8, 4) is 5.75 Å². The van der Waals surface area contributed by atoms with Crippen LogP contribution in [-0.2, 0) is 13.0 Å². The van der Waals surface area contributed by atoms with E-state index in [-0.39, 0.29) is 5.82 Å². The predicted octanol–water partition coefficient (Wildman–Crippen LogP) is 3.36. The van der Waals surface area contributed by atoms with Crippen molar-refractivity contribution in [3.63, 3.8) is 0 Å². The molecule has 0 unspecified atom stereocenters. The van der Waals surface area contributed by atoms with E-state index in [1.54, 1.807) is 23.5 Å². The summed E-state index contributed by atoms with van der Waals surface area (Å²) in [7, 11) is 1.49. The van der Waals surface area contributed by atoms with Crippen molar-refractivity contribution in [1.82, 2.24) is 20.5 Å². The summed E-state index contributed by atoms with van der Waals surface area (Å²) < 4.78 is 18.9. The van der Waals surface area contributed by atoms with Gasteiger partial charge in [-0.25, -0.2) is 9.37 Å². The Labute approximate surface area is 182 Å². The molecule has 0 spiro atoms. The number of nitrogens with one attached hydrogen (secondary N) is 2. The van der Waals surface area contributed by atoms with E-state index in [1.165, 1.54) is 12.0 Å². The third-order valence-electron chi connectivity index (χ3n) is 5.16. The average Bonchev–Trinajstić information content (AvgIpc) is 3.15. The normalized spacial score (nSPS) is 15.9. The zero-order valence-corrected chi connectivity index (χ0v) is 18.9. The highest BCUT2D eigenvalue weighted by atomic mass is 32.1. The van der Waals surface area contributed by atoms with Crippen LogP contribution in [0.25, 0.3) is 0 Å². The lowest BCUT2D eigenvalue weighted by Crippen LogP contribution is -2.48. The van der Waals surface area contributed by atoms with Crippen LogP contribution >= 0.6 is 11.3 Å². The molecule has 1 saturated heterocycles. The van der Waals surface area contributed by atoms with Gasteiger partial charge in [-0.2, -0.15) is 0 Å². The molecule has 1 aromatic carbocycles. The fraction of sp³-hybridized carbons (Fsp3) is 0.545. The van der Waals surface area contributed by atoms with E-state index in [2.05, 4.69) is 34.4 Å². The Morgan fingerprint density at radius 3 is 2.80 bits per heavy atom. The van der Waals surface area contributed by atoms with E-state index < -0.39 is 0 Å². The van der Waals surface area contributed by atoms with Crippen molar-refractivity contribution in [2.45, 2.75) is 45.7 Å². The van der Waals surface area contributed by atoms with Crippen LogP contribution in [-0.4, -0.2) is 55.2 Å². The molecule has 0 bridgehead atoms. The van der Waals surface area contributed by atoms with E-state index in [4.69, 9.17) is 9.73 Å². The molecule has 30 heavy (non-hydrogen) atoms. The first kappa shape index (κ1) is 22.5. The number of halogens is 1. The molecule has 0 atom stereocenters. The van der Waals surface area contributed by atoms with E-state index in [0.29, 0.717) is 11.8 Å². The van der Waals surface area contributed by atoms with Crippen molar-refractivity contribution in [3.05, 3.63) is 45.7 Å². The van der Waals surface area contributed by atoms with Gasteiger partial charge in [0.15, 0.2) is 17.5 Å². The SMILES string of the molecule is CCNC(=NCCc1ncc(C)s1)NC1CCN(Cc2ccc(OC)c(F)c2)CC1. The molecule has 0 aliphatic carbocycles. The number of likely N-dealkylation sites (tertiary alicyclic amines) is 1. The van der Waals surface area contributed by atoms with Gasteiger partial charge in [0.2, 0.25) is 0 Å². The Bertz CT molecular complexity index is 833. The summed E-state index contributed by atoms with van der Waals surface area (Å²) in [5, 5.41) is 8.05. The fourth-order valence-corrected chi connectivity index (χ4v) is 4.37. The van der Waals surface area contributed by atoms with Crippen LogP contribution in [0, 0.1) is 12.7 Å². The zero-order chi connectivity index (χ0) is 21.3. The lowest BCUT2D eigenvalue weighted by Gasteiger charge is -2.33. The second-order valence-corrected chi connectivity index (χ2v) is 8.86. The van der Waals surface area contributed by atoms with Gasteiger partial charge in [0.1, 0.15) is 0 Å². The molecule has 1 aliphatic heterocycles. The number of rotatable bonds is 8. The predicted molar refractivity (Wildman–Crippen MR) is 121 cm³/mol. The van der Waals surface area contributed by atoms with Crippen LogP contribution in [0.4, 0.5) is 4.39 Å². The summed E-state index contributed by atoms with van der Waals surface area (Å²) in [6.07, 6.45) is 4.86. The molecule has 2 aromatic rings. The van der Waals surface area contributed by atoms with Crippen molar-refractivity contribution in [1.29, 1.82) is 0 Å². The molecule has 0 radical (unpaired) electrons. The summed E-state index contributed by atoms with van der Waals surface area (Å²) in [6, 6.07) is 5.61. The summed E-state index contributed by atoms with van der Waals surface area (Å²) in [4.78, 5) is 12.7. The third kappa shape index (κ3) is 6.67. The second-order valence-electron chi connectivity index (χ2n) is 7.54. The van der Waals surface area contributed by atoms with Crippen LogP contribution in [0.3, 0.4) is 0 Å². The topological polar surface area (TPSA) is 61.8 Å². The number of hydrogen-bond acceptors (Lipinski definition) is 5. The zero-order valence-electron chi connectivity index (χ0n) is 18.1. The molecule has 3 rings (SSSR count).